The first-order valence-corrected chi connectivity index (χ1v) is 32.4. The van der Waals surface area contributed by atoms with Crippen LogP contribution in [0.15, 0.2) is 146 Å². The van der Waals surface area contributed by atoms with E-state index < -0.39 is 64.6 Å². The molecule has 2 atom stereocenters. The number of nitrogens with zero attached hydrogens (tertiary/aromatic N) is 6. The third-order valence-corrected chi connectivity index (χ3v) is 19.3. The van der Waals surface area contributed by atoms with Crippen molar-refractivity contribution in [3.05, 3.63) is 190 Å². The van der Waals surface area contributed by atoms with Gasteiger partial charge >= 0.3 is 18.4 Å². The van der Waals surface area contributed by atoms with Gasteiger partial charge in [0, 0.05) is 107 Å². The van der Waals surface area contributed by atoms with E-state index in [0.29, 0.717) is 100 Å². The Bertz CT molecular complexity index is 3590. The van der Waals surface area contributed by atoms with Gasteiger partial charge in [0.1, 0.15) is 24.8 Å². The lowest BCUT2D eigenvalue weighted by molar-refractivity contribution is -0.143. The van der Waals surface area contributed by atoms with Crippen molar-refractivity contribution in [1.29, 1.82) is 0 Å². The summed E-state index contributed by atoms with van der Waals surface area (Å²) in [4.78, 5) is 76.6. The number of amides is 5. The average Bonchev–Trinajstić information content (AvgIpc) is 1.61. The van der Waals surface area contributed by atoms with Crippen LogP contribution < -0.4 is 15.5 Å². The fourth-order valence-electron chi connectivity index (χ4n) is 13.7. The van der Waals surface area contributed by atoms with E-state index in [1.54, 1.807) is 24.1 Å². The zero-order chi connectivity index (χ0) is 67.5. The van der Waals surface area contributed by atoms with Crippen LogP contribution in [0.5, 0.6) is 0 Å². The summed E-state index contributed by atoms with van der Waals surface area (Å²) < 4.78 is 110. The van der Waals surface area contributed by atoms with Crippen LogP contribution in [-0.4, -0.2) is 171 Å². The van der Waals surface area contributed by atoms with Crippen LogP contribution in [0.3, 0.4) is 0 Å². The summed E-state index contributed by atoms with van der Waals surface area (Å²) >= 11 is 0. The summed E-state index contributed by atoms with van der Waals surface area (Å²) in [5.74, 6) is -2.06. The van der Waals surface area contributed by atoms with E-state index in [1.807, 2.05) is 85.9 Å². The molecule has 3 N–H and O–H groups in total. The zero-order valence-electron chi connectivity index (χ0n) is 53.4. The number of piperidine rings is 2. The molecule has 0 aromatic heterocycles. The predicted molar refractivity (Wildman–Crippen MR) is 346 cm³/mol. The van der Waals surface area contributed by atoms with E-state index in [0.717, 1.165) is 71.7 Å². The maximum atomic E-state index is 14.2. The van der Waals surface area contributed by atoms with Crippen molar-refractivity contribution in [1.82, 2.24) is 29.8 Å². The van der Waals surface area contributed by atoms with E-state index in [4.69, 9.17) is 9.47 Å². The van der Waals surface area contributed by atoms with Crippen LogP contribution >= 0.6 is 0 Å². The van der Waals surface area contributed by atoms with Crippen molar-refractivity contribution in [2.24, 2.45) is 0 Å². The number of para-hydroxylation sites is 1. The van der Waals surface area contributed by atoms with Crippen LogP contribution in [0.1, 0.15) is 106 Å². The van der Waals surface area contributed by atoms with Gasteiger partial charge in [0.15, 0.2) is 0 Å². The minimum absolute atomic E-state index is 0.0322. The number of hydrogen-bond donors (Lipinski definition) is 3. The lowest BCUT2D eigenvalue weighted by Gasteiger charge is -2.44. The van der Waals surface area contributed by atoms with Crippen molar-refractivity contribution >= 4 is 41.1 Å². The number of likely N-dealkylation sites (tertiary alicyclic amines) is 2. The highest BCUT2D eigenvalue weighted by Gasteiger charge is 2.50. The fraction of sp³-hybridized carbons (Fsp3) is 0.431. The van der Waals surface area contributed by atoms with E-state index >= 15 is 0 Å². The van der Waals surface area contributed by atoms with E-state index in [2.05, 4.69) is 32.6 Å². The smallest absolute Gasteiger partial charge is 0.416 e. The van der Waals surface area contributed by atoms with Gasteiger partial charge in [-0.2, -0.15) is 26.3 Å². The second-order valence-electron chi connectivity index (χ2n) is 25.3. The number of likely N-dealkylation sites (N-methyl/N-ethyl adjacent to an activating group) is 2. The van der Waals surface area contributed by atoms with Crippen LogP contribution in [0.25, 0.3) is 11.1 Å². The van der Waals surface area contributed by atoms with Crippen molar-refractivity contribution in [3.8, 4) is 11.1 Å². The topological polar surface area (TPSA) is 168 Å². The molecule has 23 heteroatoms. The summed E-state index contributed by atoms with van der Waals surface area (Å²) in [5.41, 5.74) is 0.907. The Labute approximate surface area is 548 Å². The molecular weight excluding hydrogens is 1240 g/mol. The van der Waals surface area contributed by atoms with Crippen LogP contribution in [0.2, 0.25) is 0 Å². The number of anilines is 2. The van der Waals surface area contributed by atoms with Gasteiger partial charge in [0.05, 0.1) is 29.5 Å². The number of halogens is 7. The zero-order valence-corrected chi connectivity index (χ0v) is 53.4. The number of carboxylic acid groups (broad SMARTS) is 1. The van der Waals surface area contributed by atoms with Crippen LogP contribution in [-0.2, 0) is 48.9 Å². The third-order valence-electron chi connectivity index (χ3n) is 19.3. The maximum absolute atomic E-state index is 14.2. The second-order valence-corrected chi connectivity index (χ2v) is 25.3. The summed E-state index contributed by atoms with van der Waals surface area (Å²) in [5, 5.41) is 16.6. The first-order chi connectivity index (χ1) is 45.5. The number of benzene rings is 6. The van der Waals surface area contributed by atoms with Crippen molar-refractivity contribution < 1.29 is 69.3 Å². The number of carbonyl (C=O) groups is 5. The van der Waals surface area contributed by atoms with Gasteiger partial charge in [-0.05, 0) is 147 Å². The van der Waals surface area contributed by atoms with Gasteiger partial charge in [0.25, 0.3) is 11.8 Å². The van der Waals surface area contributed by atoms with Crippen LogP contribution in [0.4, 0.5) is 46.9 Å². The maximum Gasteiger partial charge on any atom is 0.416 e. The molecular formula is C72H81F7N8O8. The standard InChI is InChI=1S/C72H81F7N8O8/c1-82(40-34-81-66(90)51-20-26-58(27-21-51)80-33-12-4-7-19-64(88)83(2)41-42-84-35-28-59(29-36-84)87(68(92)93)62-18-11-9-16-60(62)50-13-5-3-6-14-50)65(89)47-94-63-45-52-15-8-10-17-61(52)69(63)30-37-85(38-31-69)39-32-70(54-22-24-57(73)25-23-54)48-86(49-95-70)67(91)53-43-55(71(74,75)76)46-56(44-53)72(77,78)79/h3,5-6,8-11,13-18,20-27,43-44,46,59,63,80H,4,7,12,19,28-42,45,47-49H2,1-2H3,(H,81,90)(H,92,93)/t63-,70+/m0/s1. The molecule has 95 heavy (non-hydrogen) atoms. The Balaban J connectivity index is 0.617. The number of unbranched alkanes of at least 4 members (excludes halogenated alkanes) is 2. The SMILES string of the molecule is CN(CCN1CCC(N(C(=O)O)c2ccccc2-c2ccccc2)CC1)C(=O)CCCCCNc1ccc(C(=O)NCCN(C)C(=O)CO[C@H]2Cc3ccccc3C23CCN(CC[C@]2(c4ccc(F)cc4)CN(C(=O)c4cc(C(F)(F)F)cc(C(F)(F)F)c4)CO2)CC3)cc1. The highest BCUT2D eigenvalue weighted by molar-refractivity contribution is 5.96. The van der Waals surface area contributed by atoms with E-state index in [9.17, 15) is 59.8 Å². The summed E-state index contributed by atoms with van der Waals surface area (Å²) in [6, 6.07) is 38.7. The molecule has 0 radical (unpaired) electrons. The predicted octanol–water partition coefficient (Wildman–Crippen LogP) is 12.2. The lowest BCUT2D eigenvalue weighted by Crippen LogP contribution is -2.50. The minimum Gasteiger partial charge on any atom is -0.465 e. The molecule has 3 aliphatic heterocycles. The van der Waals surface area contributed by atoms with Gasteiger partial charge in [-0.1, -0.05) is 91.3 Å². The summed E-state index contributed by atoms with van der Waals surface area (Å²) in [7, 11) is 3.49. The monoisotopic (exact) mass is 1320 g/mol. The Morgan fingerprint density at radius 1 is 0.684 bits per heavy atom. The molecule has 506 valence electrons. The quantitative estimate of drug-likeness (QED) is 0.0369. The molecule has 16 nitrogen and oxygen atoms in total. The molecule has 3 fully saturated rings. The number of ether oxygens (including phenoxy) is 2. The largest absolute Gasteiger partial charge is 0.465 e. The van der Waals surface area contributed by atoms with Crippen molar-refractivity contribution in [2.45, 2.75) is 99.7 Å². The number of rotatable bonds is 25. The molecule has 4 aliphatic rings. The van der Waals surface area contributed by atoms with Gasteiger partial charge in [-0.25, -0.2) is 9.18 Å². The van der Waals surface area contributed by atoms with Crippen molar-refractivity contribution in [2.75, 3.05) is 110 Å². The molecule has 5 amide bonds. The highest BCUT2D eigenvalue weighted by Crippen LogP contribution is 2.49. The minimum atomic E-state index is -5.15. The molecule has 6 aromatic carbocycles. The van der Waals surface area contributed by atoms with E-state index in [-0.39, 0.29) is 68.6 Å². The normalized spacial score (nSPS) is 18.3. The highest BCUT2D eigenvalue weighted by atomic mass is 19.4. The average molecular weight is 1320 g/mol. The molecule has 10 rings (SSSR count). The Hall–Kier alpha value is -8.38. The molecule has 0 unspecified atom stereocenters. The van der Waals surface area contributed by atoms with Gasteiger partial charge in [0.2, 0.25) is 11.8 Å². The molecule has 0 bridgehead atoms. The Morgan fingerprint density at radius 2 is 1.33 bits per heavy atom. The van der Waals surface area contributed by atoms with Gasteiger partial charge in [-0.3, -0.25) is 24.1 Å². The van der Waals surface area contributed by atoms with E-state index in [1.165, 1.54) is 34.1 Å². The lowest BCUT2D eigenvalue weighted by atomic mass is 9.72. The first kappa shape index (κ1) is 69.4. The number of hydrogen-bond acceptors (Lipinski definition) is 10. The first-order valence-electron chi connectivity index (χ1n) is 32.4. The Morgan fingerprint density at radius 3 is 2.01 bits per heavy atom. The summed E-state index contributed by atoms with van der Waals surface area (Å²) in [6.07, 6.45) is -5.12. The number of nitrogens with one attached hydrogen (secondary N) is 2. The van der Waals surface area contributed by atoms with Gasteiger partial charge < -0.3 is 49.7 Å². The molecule has 1 aliphatic carbocycles. The fourth-order valence-corrected chi connectivity index (χ4v) is 13.7. The number of carbonyl (C=O) groups excluding carboxylic acids is 4. The summed E-state index contributed by atoms with van der Waals surface area (Å²) in [6.45, 7) is 4.70. The van der Waals surface area contributed by atoms with Crippen molar-refractivity contribution in [3.63, 3.8) is 0 Å². The number of fused-ring (bicyclic) bond motifs is 2. The Kier molecular flexibility index (Phi) is 22.3. The third kappa shape index (κ3) is 17.0. The molecule has 3 saturated heterocycles. The second kappa shape index (κ2) is 30.6. The molecule has 0 saturated carbocycles. The molecule has 6 aromatic rings. The molecule has 1 spiro atoms. The van der Waals surface area contributed by atoms with Crippen LogP contribution in [0, 0.1) is 5.82 Å². The molecule has 3 heterocycles. The number of alkyl halides is 6. The van der Waals surface area contributed by atoms with Gasteiger partial charge in [-0.15, -0.1) is 0 Å².